The minimum absolute atomic E-state index is 0.0592. The van der Waals surface area contributed by atoms with Crippen LogP contribution in [0.2, 0.25) is 0 Å². The molecule has 5 heteroatoms. The van der Waals surface area contributed by atoms with Crippen LogP contribution >= 0.6 is 0 Å². The summed E-state index contributed by atoms with van der Waals surface area (Å²) in [5.74, 6) is 0.885. The zero-order chi connectivity index (χ0) is 17.6. The number of rotatable bonds is 2. The highest BCUT2D eigenvalue weighted by atomic mass is 16.5. The molecule has 3 unspecified atom stereocenters. The molecule has 2 saturated carbocycles. The second-order valence-electron chi connectivity index (χ2n) is 8.85. The first-order valence-corrected chi connectivity index (χ1v) is 9.35. The predicted molar refractivity (Wildman–Crippen MR) is 91.4 cm³/mol. The summed E-state index contributed by atoms with van der Waals surface area (Å²) in [6.45, 7) is 5.64. The van der Waals surface area contributed by atoms with Gasteiger partial charge in [0.05, 0.1) is 25.6 Å². The van der Waals surface area contributed by atoms with Crippen molar-refractivity contribution in [3.63, 3.8) is 0 Å². The van der Waals surface area contributed by atoms with Crippen LogP contribution in [0.15, 0.2) is 36.3 Å². The van der Waals surface area contributed by atoms with Crippen LogP contribution < -0.4 is 0 Å². The van der Waals surface area contributed by atoms with Crippen LogP contribution in [0.5, 0.6) is 0 Å². The van der Waals surface area contributed by atoms with Crippen molar-refractivity contribution < 1.29 is 24.2 Å². The van der Waals surface area contributed by atoms with Gasteiger partial charge in [0.15, 0.2) is 17.6 Å². The van der Waals surface area contributed by atoms with E-state index in [1.54, 1.807) is 6.08 Å². The van der Waals surface area contributed by atoms with Crippen LogP contribution in [0, 0.1) is 17.3 Å². The van der Waals surface area contributed by atoms with E-state index in [0.29, 0.717) is 18.6 Å². The molecule has 5 nitrogen and oxygen atoms in total. The average molecular weight is 344 g/mol. The van der Waals surface area contributed by atoms with E-state index in [-0.39, 0.29) is 29.4 Å². The molecule has 25 heavy (non-hydrogen) atoms. The Morgan fingerprint density at radius 1 is 1.48 bits per heavy atom. The third kappa shape index (κ3) is 1.56. The van der Waals surface area contributed by atoms with Crippen LogP contribution in [-0.4, -0.2) is 58.4 Å². The summed E-state index contributed by atoms with van der Waals surface area (Å²) < 4.78 is 6.85. The Balaban J connectivity index is 1.74. The molecule has 2 saturated heterocycles. The van der Waals surface area contributed by atoms with E-state index in [2.05, 4.69) is 19.7 Å². The lowest BCUT2D eigenvalue weighted by molar-refractivity contribution is -0.947. The lowest BCUT2D eigenvalue weighted by Crippen LogP contribution is -2.80. The molecule has 0 aromatic rings. The number of ketones is 1. The van der Waals surface area contributed by atoms with Gasteiger partial charge in [-0.2, -0.15) is 0 Å². The number of nitrogens with zero attached hydrogens (tertiary/aromatic N) is 1. The van der Waals surface area contributed by atoms with E-state index >= 15 is 0 Å². The lowest BCUT2D eigenvalue weighted by Gasteiger charge is -2.66. The van der Waals surface area contributed by atoms with E-state index in [4.69, 9.17) is 4.74 Å². The highest BCUT2D eigenvalue weighted by Gasteiger charge is 2.79. The molecule has 0 aromatic carbocycles. The van der Waals surface area contributed by atoms with Gasteiger partial charge in [-0.15, -0.1) is 0 Å². The summed E-state index contributed by atoms with van der Waals surface area (Å²) in [5, 5.41) is 22.4. The summed E-state index contributed by atoms with van der Waals surface area (Å²) in [5.41, 5.74) is -1.53. The topological polar surface area (TPSA) is 66.8 Å². The number of likely N-dealkylation sites (N-methyl/N-ethyl adjacent to an activating group) is 1. The summed E-state index contributed by atoms with van der Waals surface area (Å²) in [6.07, 6.45) is 7.55. The minimum atomic E-state index is -0.935. The number of aliphatic hydroxyl groups is 2. The normalized spacial score (nSPS) is 52.6. The fourth-order valence-corrected chi connectivity index (χ4v) is 6.96. The number of quaternary nitrogens is 1. The summed E-state index contributed by atoms with van der Waals surface area (Å²) >= 11 is 0. The summed E-state index contributed by atoms with van der Waals surface area (Å²) in [6, 6.07) is 0.0592. The number of likely N-dealkylation sites (tertiary alicyclic amines) is 1. The molecule has 5 aliphatic rings. The van der Waals surface area contributed by atoms with E-state index < -0.39 is 17.1 Å². The number of aliphatic hydroxyl groups excluding tert-OH is 1. The predicted octanol–water partition coefficient (Wildman–Crippen LogP) is 1.85. The van der Waals surface area contributed by atoms with Gasteiger partial charge < -0.3 is 19.4 Å². The maximum Gasteiger partial charge on any atom is 0.174 e. The molecular formula is C20H26NO4+. The highest BCUT2D eigenvalue weighted by molar-refractivity contribution is 5.86. The van der Waals surface area contributed by atoms with Gasteiger partial charge in [0.2, 0.25) is 0 Å². The molecule has 2 N–H and O–H groups in total. The van der Waals surface area contributed by atoms with Crippen molar-refractivity contribution in [2.24, 2.45) is 17.3 Å². The van der Waals surface area contributed by atoms with Crippen molar-refractivity contribution in [3.8, 4) is 0 Å². The molecule has 4 fully saturated rings. The van der Waals surface area contributed by atoms with Gasteiger partial charge in [0.25, 0.3) is 0 Å². The fraction of sp³-hybridized carbons (Fsp3) is 0.650. The molecule has 0 amide bonds. The van der Waals surface area contributed by atoms with Gasteiger partial charge >= 0.3 is 0 Å². The third-order valence-electron chi connectivity index (χ3n) is 7.96. The molecule has 3 aliphatic carbocycles. The molecule has 5 rings (SSSR count). The fourth-order valence-electron chi connectivity index (χ4n) is 6.96. The molecule has 2 bridgehead atoms. The van der Waals surface area contributed by atoms with Crippen LogP contribution in [0.4, 0.5) is 0 Å². The first-order chi connectivity index (χ1) is 11.9. The lowest BCUT2D eigenvalue weighted by atomic mass is 9.44. The maximum absolute atomic E-state index is 12.7. The van der Waals surface area contributed by atoms with Crippen LogP contribution in [-0.2, 0) is 9.53 Å². The number of piperidine rings is 1. The van der Waals surface area contributed by atoms with E-state index in [9.17, 15) is 15.0 Å². The molecule has 0 aromatic heterocycles. The second-order valence-corrected chi connectivity index (χ2v) is 8.85. The largest absolute Gasteiger partial charge is 0.504 e. The van der Waals surface area contributed by atoms with Crippen molar-refractivity contribution in [3.05, 3.63) is 36.3 Å². The van der Waals surface area contributed by atoms with Gasteiger partial charge in [-0.3, -0.25) is 4.79 Å². The zero-order valence-electron chi connectivity index (χ0n) is 14.6. The number of carbonyl (C=O) groups is 1. The van der Waals surface area contributed by atoms with Crippen molar-refractivity contribution in [1.82, 2.24) is 0 Å². The van der Waals surface area contributed by atoms with Crippen molar-refractivity contribution in [1.29, 1.82) is 0 Å². The van der Waals surface area contributed by atoms with E-state index in [1.807, 2.05) is 6.08 Å². The van der Waals surface area contributed by atoms with Crippen LogP contribution in [0.25, 0.3) is 0 Å². The van der Waals surface area contributed by atoms with Crippen molar-refractivity contribution in [2.45, 2.75) is 43.4 Å². The summed E-state index contributed by atoms with van der Waals surface area (Å²) in [4.78, 5) is 12.7. The zero-order valence-corrected chi connectivity index (χ0v) is 14.6. The number of allylic oxidation sites excluding steroid dienone is 3. The SMILES string of the molecule is C=CC[N+]1(C)CC[C@@]23C4C5=C(O)C=CC4C[C@@H]1[C@]2(O)CCC(=O)[C@@H]3O5. The first-order valence-electron chi connectivity index (χ1n) is 9.35. The van der Waals surface area contributed by atoms with Crippen LogP contribution in [0.3, 0.4) is 0 Å². The Bertz CT molecular complexity index is 742. The Morgan fingerprint density at radius 3 is 3.04 bits per heavy atom. The smallest absolute Gasteiger partial charge is 0.174 e. The molecule has 1 spiro atoms. The molecule has 2 heterocycles. The monoisotopic (exact) mass is 344 g/mol. The Morgan fingerprint density at radius 2 is 2.28 bits per heavy atom. The molecule has 2 aliphatic heterocycles. The van der Waals surface area contributed by atoms with Gasteiger partial charge in [-0.05, 0) is 24.5 Å². The third-order valence-corrected chi connectivity index (χ3v) is 7.96. The quantitative estimate of drug-likeness (QED) is 0.593. The average Bonchev–Trinajstić information content (AvgIpc) is 2.93. The standard InChI is InChI=1S/C20H25NO4/c1-3-9-21(2)10-8-19-16-12-4-5-13(22)17(16)25-18(19)14(23)6-7-20(19,24)15(21)11-12/h3-5,12,15-16,18,24H,1,6-11H2,2H3/p+1/t12?,15-,16?,18+,19+,20-,21?/m1/s1. The van der Waals surface area contributed by atoms with E-state index in [0.717, 1.165) is 30.4 Å². The van der Waals surface area contributed by atoms with Gasteiger partial charge in [0, 0.05) is 25.2 Å². The number of ether oxygens (including phenoxy) is 1. The second kappa shape index (κ2) is 4.57. The number of Topliss-reactive ketones (excluding diaryl/α,β-unsaturated/α-hetero) is 1. The summed E-state index contributed by atoms with van der Waals surface area (Å²) in [7, 11) is 2.21. The van der Waals surface area contributed by atoms with Gasteiger partial charge in [-0.1, -0.05) is 12.7 Å². The number of hydrogen-bond acceptors (Lipinski definition) is 4. The van der Waals surface area contributed by atoms with Crippen molar-refractivity contribution >= 4 is 5.78 Å². The Hall–Kier alpha value is -1.59. The van der Waals surface area contributed by atoms with Gasteiger partial charge in [-0.25, -0.2) is 0 Å². The van der Waals surface area contributed by atoms with E-state index in [1.165, 1.54) is 0 Å². The van der Waals surface area contributed by atoms with Gasteiger partial charge in [0.1, 0.15) is 17.4 Å². The molecule has 134 valence electrons. The minimum Gasteiger partial charge on any atom is -0.504 e. The Labute approximate surface area is 147 Å². The molecule has 7 atom stereocenters. The molecule has 0 radical (unpaired) electrons. The first kappa shape index (κ1) is 15.6. The number of carbonyl (C=O) groups excluding carboxylic acids is 1. The molecular weight excluding hydrogens is 318 g/mol. The van der Waals surface area contributed by atoms with Crippen molar-refractivity contribution in [2.75, 3.05) is 20.1 Å². The van der Waals surface area contributed by atoms with Crippen LogP contribution in [0.1, 0.15) is 25.7 Å². The maximum atomic E-state index is 12.7. The number of hydrogen-bond donors (Lipinski definition) is 2. The Kier molecular flexibility index (Phi) is 2.86. The highest BCUT2D eigenvalue weighted by Crippen LogP contribution is 2.69.